The Hall–Kier alpha value is -2.75. The number of ketones is 1. The molecule has 2 aromatic rings. The van der Waals surface area contributed by atoms with Crippen molar-refractivity contribution in [3.05, 3.63) is 65.7 Å². The third-order valence-corrected chi connectivity index (χ3v) is 4.54. The van der Waals surface area contributed by atoms with Gasteiger partial charge in [0, 0.05) is 12.8 Å². The molecule has 0 aromatic heterocycles. The maximum atomic E-state index is 11.9. The summed E-state index contributed by atoms with van der Waals surface area (Å²) in [5.74, 6) is 1.84. The topological polar surface area (TPSA) is 66.8 Å². The molecule has 0 aliphatic carbocycles. The van der Waals surface area contributed by atoms with Gasteiger partial charge in [0.1, 0.15) is 11.5 Å². The molecule has 34 heavy (non-hydrogen) atoms. The quantitative estimate of drug-likeness (QED) is 0.269. The minimum atomic E-state index is 0.132. The molecule has 0 fully saturated rings. The first-order valence-electron chi connectivity index (χ1n) is 12.6. The molecule has 2 rings (SSSR count). The van der Waals surface area contributed by atoms with Gasteiger partial charge < -0.3 is 14.9 Å². The highest BCUT2D eigenvalue weighted by Crippen LogP contribution is 2.26. The molecule has 192 valence electrons. The van der Waals surface area contributed by atoms with Gasteiger partial charge in [0.05, 0.1) is 7.11 Å². The van der Waals surface area contributed by atoms with E-state index < -0.39 is 0 Å². The first kappa shape index (κ1) is 33.4. The zero-order valence-corrected chi connectivity index (χ0v) is 22.7. The predicted octanol–water partition coefficient (Wildman–Crippen LogP) is 8.43. The van der Waals surface area contributed by atoms with Gasteiger partial charge in [-0.1, -0.05) is 71.9 Å². The number of unbranched alkanes of at least 4 members (excludes halogenated alkanes) is 2. The maximum absolute atomic E-state index is 11.9. The van der Waals surface area contributed by atoms with E-state index in [1.807, 2.05) is 52.8 Å². The van der Waals surface area contributed by atoms with E-state index >= 15 is 0 Å². The molecule has 0 saturated carbocycles. The summed E-state index contributed by atoms with van der Waals surface area (Å²) in [4.78, 5) is 11.9. The molecule has 0 amide bonds. The van der Waals surface area contributed by atoms with Crippen LogP contribution in [0.25, 0.3) is 0 Å². The van der Waals surface area contributed by atoms with Crippen LogP contribution in [0.3, 0.4) is 0 Å². The minimum absolute atomic E-state index is 0.132. The van der Waals surface area contributed by atoms with Crippen molar-refractivity contribution in [2.45, 2.75) is 87.0 Å². The van der Waals surface area contributed by atoms with Crippen molar-refractivity contribution in [2.75, 3.05) is 7.11 Å². The van der Waals surface area contributed by atoms with Crippen molar-refractivity contribution < 1.29 is 19.7 Å². The van der Waals surface area contributed by atoms with Gasteiger partial charge in [0.25, 0.3) is 0 Å². The summed E-state index contributed by atoms with van der Waals surface area (Å²) < 4.78 is 5.07. The second-order valence-corrected chi connectivity index (χ2v) is 7.80. The highest BCUT2D eigenvalue weighted by Gasteiger charge is 2.06. The van der Waals surface area contributed by atoms with Gasteiger partial charge >= 0.3 is 0 Å². The Kier molecular flexibility index (Phi) is 21.7. The first-order valence-corrected chi connectivity index (χ1v) is 12.6. The van der Waals surface area contributed by atoms with E-state index in [1.165, 1.54) is 7.11 Å². The van der Waals surface area contributed by atoms with Gasteiger partial charge in [0.2, 0.25) is 0 Å². The van der Waals surface area contributed by atoms with E-state index in [2.05, 4.69) is 26.0 Å². The number of phenolic OH excluding ortho intramolecular Hbond substituents is 2. The molecule has 0 aliphatic rings. The molecule has 0 atom stereocenters. The van der Waals surface area contributed by atoms with Gasteiger partial charge in [-0.15, -0.1) is 0 Å². The van der Waals surface area contributed by atoms with Crippen molar-refractivity contribution in [3.8, 4) is 17.2 Å². The minimum Gasteiger partial charge on any atom is -0.508 e. The third kappa shape index (κ3) is 17.8. The van der Waals surface area contributed by atoms with Crippen molar-refractivity contribution in [3.63, 3.8) is 0 Å². The molecule has 0 saturated heterocycles. The van der Waals surface area contributed by atoms with Crippen molar-refractivity contribution in [1.82, 2.24) is 0 Å². The van der Waals surface area contributed by atoms with Crippen LogP contribution >= 0.6 is 0 Å². The van der Waals surface area contributed by atoms with Crippen LogP contribution in [0.5, 0.6) is 17.2 Å². The average molecular weight is 473 g/mol. The normalized spacial score (nSPS) is 9.79. The van der Waals surface area contributed by atoms with Crippen LogP contribution in [0.15, 0.2) is 54.6 Å². The SMILES string of the molecule is CC.CC.COc1cc(CCC(=O)CCCC/C=C/C(C)C)ccc1O.Cc1cccc(O)c1. The van der Waals surface area contributed by atoms with Crippen LogP contribution in [0, 0.1) is 12.8 Å². The summed E-state index contributed by atoms with van der Waals surface area (Å²) in [6.45, 7) is 14.3. The zero-order valence-electron chi connectivity index (χ0n) is 22.7. The number of benzene rings is 2. The number of Topliss-reactive ketones (excluding diaryl/α,β-unsaturated/α-hetero) is 1. The Bertz CT molecular complexity index is 777. The standard InChI is InChI=1S/C19H28O3.C7H8O.2C2H6/c1-15(2)8-6-4-5-7-9-17(20)12-10-16-11-13-18(21)19(14-16)22-3;1-6-3-2-4-7(8)5-6;2*1-2/h6,8,11,13-15,21H,4-5,7,9-10,12H2,1-3H3;2-5,8H,1H3;2*1-2H3/b8-6+;;;. The third-order valence-electron chi connectivity index (χ3n) is 4.54. The Morgan fingerprint density at radius 2 is 1.65 bits per heavy atom. The van der Waals surface area contributed by atoms with Gasteiger partial charge in [-0.05, 0) is 73.9 Å². The van der Waals surface area contributed by atoms with E-state index in [9.17, 15) is 9.90 Å². The molecule has 2 N–H and O–H groups in total. The molecule has 0 unspecified atom stereocenters. The lowest BCUT2D eigenvalue weighted by Gasteiger charge is -2.06. The number of ether oxygens (including phenoxy) is 1. The number of aromatic hydroxyl groups is 2. The number of carbonyl (C=O) groups is 1. The van der Waals surface area contributed by atoms with E-state index in [-0.39, 0.29) is 5.75 Å². The fourth-order valence-electron chi connectivity index (χ4n) is 2.87. The van der Waals surface area contributed by atoms with Gasteiger partial charge in [-0.3, -0.25) is 4.79 Å². The summed E-state index contributed by atoms with van der Waals surface area (Å²) >= 11 is 0. The number of methoxy groups -OCH3 is 1. The van der Waals surface area contributed by atoms with Crippen molar-refractivity contribution >= 4 is 5.78 Å². The van der Waals surface area contributed by atoms with Gasteiger partial charge in [-0.25, -0.2) is 0 Å². The smallest absolute Gasteiger partial charge is 0.160 e. The molecule has 0 radical (unpaired) electrons. The fraction of sp³-hybridized carbons (Fsp3) is 0.500. The number of phenols is 2. The average Bonchev–Trinajstić information content (AvgIpc) is 2.83. The molecular weight excluding hydrogens is 424 g/mol. The van der Waals surface area contributed by atoms with E-state index in [4.69, 9.17) is 9.84 Å². The molecule has 4 heteroatoms. The molecule has 0 bridgehead atoms. The lowest BCUT2D eigenvalue weighted by atomic mass is 10.0. The molecule has 0 aliphatic heterocycles. The summed E-state index contributed by atoms with van der Waals surface area (Å²) in [5.41, 5.74) is 2.10. The fourth-order valence-corrected chi connectivity index (χ4v) is 2.87. The summed E-state index contributed by atoms with van der Waals surface area (Å²) in [5, 5.41) is 18.3. The van der Waals surface area contributed by atoms with Crippen LogP contribution < -0.4 is 4.74 Å². The lowest BCUT2D eigenvalue weighted by molar-refractivity contribution is -0.119. The summed E-state index contributed by atoms with van der Waals surface area (Å²) in [6, 6.07) is 12.4. The van der Waals surface area contributed by atoms with Gasteiger partial charge in [-0.2, -0.15) is 0 Å². The molecule has 4 nitrogen and oxygen atoms in total. The van der Waals surface area contributed by atoms with Crippen LogP contribution in [0.2, 0.25) is 0 Å². The predicted molar refractivity (Wildman–Crippen MR) is 146 cm³/mol. The van der Waals surface area contributed by atoms with Crippen molar-refractivity contribution in [2.24, 2.45) is 5.92 Å². The molecular formula is C30H48O4. The Morgan fingerprint density at radius 1 is 0.971 bits per heavy atom. The number of rotatable bonds is 10. The van der Waals surface area contributed by atoms with Gasteiger partial charge in [0.15, 0.2) is 11.5 Å². The lowest BCUT2D eigenvalue weighted by Crippen LogP contribution is -2.00. The number of hydrogen-bond acceptors (Lipinski definition) is 4. The van der Waals surface area contributed by atoms with Crippen LogP contribution in [0.4, 0.5) is 0 Å². The monoisotopic (exact) mass is 472 g/mol. The zero-order chi connectivity index (χ0) is 26.4. The second-order valence-electron chi connectivity index (χ2n) is 7.80. The van der Waals surface area contributed by atoms with Crippen LogP contribution in [-0.2, 0) is 11.2 Å². The van der Waals surface area contributed by atoms with E-state index in [1.54, 1.807) is 24.3 Å². The summed E-state index contributed by atoms with van der Waals surface area (Å²) in [7, 11) is 1.53. The van der Waals surface area contributed by atoms with Crippen LogP contribution in [0.1, 0.15) is 84.8 Å². The Balaban J connectivity index is 0. The molecule has 0 spiro atoms. The maximum Gasteiger partial charge on any atom is 0.160 e. The molecule has 2 aromatic carbocycles. The Morgan fingerprint density at radius 3 is 2.18 bits per heavy atom. The number of allylic oxidation sites excluding steroid dienone is 2. The Labute approximate surface area is 208 Å². The molecule has 0 heterocycles. The van der Waals surface area contributed by atoms with Crippen molar-refractivity contribution in [1.29, 1.82) is 0 Å². The van der Waals surface area contributed by atoms with E-state index in [0.717, 1.165) is 30.4 Å². The first-order chi connectivity index (χ1) is 16.3. The number of aryl methyl sites for hydroxylation is 2. The van der Waals surface area contributed by atoms with Crippen LogP contribution in [-0.4, -0.2) is 23.1 Å². The number of carbonyl (C=O) groups excluding carboxylic acids is 1. The second kappa shape index (κ2) is 22.1. The highest BCUT2D eigenvalue weighted by molar-refractivity contribution is 5.78. The highest BCUT2D eigenvalue weighted by atomic mass is 16.5. The summed E-state index contributed by atoms with van der Waals surface area (Å²) in [6.07, 6.45) is 9.41. The number of hydrogen-bond donors (Lipinski definition) is 2. The largest absolute Gasteiger partial charge is 0.508 e. The van der Waals surface area contributed by atoms with E-state index in [0.29, 0.717) is 42.5 Å².